The number of para-hydroxylation sites is 2. The molecule has 24 heavy (non-hydrogen) atoms. The highest BCUT2D eigenvalue weighted by molar-refractivity contribution is 6.05. The van der Waals surface area contributed by atoms with Gasteiger partial charge in [-0.05, 0) is 37.6 Å². The first-order chi connectivity index (χ1) is 11.5. The molecule has 1 N–H and O–H groups in total. The molecule has 0 aliphatic carbocycles. The predicted molar refractivity (Wildman–Crippen MR) is 92.6 cm³/mol. The second-order valence-corrected chi connectivity index (χ2v) is 5.41. The van der Waals surface area contributed by atoms with Gasteiger partial charge in [-0.2, -0.15) is 0 Å². The molecule has 0 saturated heterocycles. The number of nitrogens with zero attached hydrogens (tertiary/aromatic N) is 1. The highest BCUT2D eigenvalue weighted by Gasteiger charge is 2.15. The zero-order chi connectivity index (χ0) is 17.5. The molecule has 0 fully saturated rings. The zero-order valence-corrected chi connectivity index (χ0v) is 13.7. The monoisotopic (exact) mass is 328 g/mol. The molecule has 0 unspecified atom stereocenters. The van der Waals surface area contributed by atoms with Crippen molar-refractivity contribution in [1.29, 1.82) is 0 Å². The molecular weight excluding hydrogens is 308 g/mol. The van der Waals surface area contributed by atoms with E-state index in [0.717, 1.165) is 12.8 Å². The van der Waals surface area contributed by atoms with Gasteiger partial charge in [-0.3, -0.25) is 14.9 Å². The van der Waals surface area contributed by atoms with Gasteiger partial charge in [-0.25, -0.2) is 0 Å². The van der Waals surface area contributed by atoms with Crippen molar-refractivity contribution in [2.75, 3.05) is 11.9 Å². The van der Waals surface area contributed by atoms with E-state index < -0.39 is 4.92 Å². The molecular formula is C18H20N2O4. The molecule has 0 spiro atoms. The van der Waals surface area contributed by atoms with Gasteiger partial charge in [0.05, 0.1) is 17.2 Å². The van der Waals surface area contributed by atoms with Crippen molar-refractivity contribution in [2.24, 2.45) is 0 Å². The highest BCUT2D eigenvalue weighted by Crippen LogP contribution is 2.25. The SMILES string of the molecule is CCCCOc1ccccc1NC(=O)c1ccc([N+](=O)[O-])c(C)c1. The molecule has 0 aromatic heterocycles. The largest absolute Gasteiger partial charge is 0.491 e. The summed E-state index contributed by atoms with van der Waals surface area (Å²) in [7, 11) is 0. The average molecular weight is 328 g/mol. The maximum Gasteiger partial charge on any atom is 0.272 e. The Morgan fingerprint density at radius 2 is 2.00 bits per heavy atom. The third-order valence-electron chi connectivity index (χ3n) is 3.55. The Balaban J connectivity index is 2.15. The van der Waals surface area contributed by atoms with Crippen LogP contribution in [0.1, 0.15) is 35.7 Å². The van der Waals surface area contributed by atoms with Crippen LogP contribution in [0.4, 0.5) is 11.4 Å². The fourth-order valence-electron chi connectivity index (χ4n) is 2.22. The number of rotatable bonds is 7. The minimum absolute atomic E-state index is 0.00477. The lowest BCUT2D eigenvalue weighted by Gasteiger charge is -2.12. The van der Waals surface area contributed by atoms with Gasteiger partial charge in [-0.15, -0.1) is 0 Å². The van der Waals surface area contributed by atoms with Crippen molar-refractivity contribution in [3.63, 3.8) is 0 Å². The molecule has 6 nitrogen and oxygen atoms in total. The van der Waals surface area contributed by atoms with Crippen LogP contribution in [0.3, 0.4) is 0 Å². The number of nitro groups is 1. The molecule has 2 rings (SSSR count). The van der Waals surface area contributed by atoms with E-state index in [-0.39, 0.29) is 11.6 Å². The first-order valence-electron chi connectivity index (χ1n) is 7.81. The maximum atomic E-state index is 12.4. The molecule has 0 saturated carbocycles. The molecule has 1 amide bonds. The number of nitro benzene ring substituents is 1. The second kappa shape index (κ2) is 8.10. The molecule has 0 aliphatic heterocycles. The van der Waals surface area contributed by atoms with Gasteiger partial charge in [0, 0.05) is 17.2 Å². The quantitative estimate of drug-likeness (QED) is 0.466. The number of nitrogens with one attached hydrogen (secondary N) is 1. The number of amides is 1. The first-order valence-corrected chi connectivity index (χ1v) is 7.81. The summed E-state index contributed by atoms with van der Waals surface area (Å²) >= 11 is 0. The molecule has 6 heteroatoms. The van der Waals surface area contributed by atoms with Gasteiger partial charge >= 0.3 is 0 Å². The summed E-state index contributed by atoms with van der Waals surface area (Å²) in [6.45, 7) is 4.27. The van der Waals surface area contributed by atoms with Gasteiger partial charge in [0.25, 0.3) is 11.6 Å². The number of anilines is 1. The zero-order valence-electron chi connectivity index (χ0n) is 13.7. The van der Waals surface area contributed by atoms with Gasteiger partial charge in [0.1, 0.15) is 5.75 Å². The molecule has 2 aromatic rings. The van der Waals surface area contributed by atoms with Crippen LogP contribution < -0.4 is 10.1 Å². The Morgan fingerprint density at radius 1 is 1.25 bits per heavy atom. The van der Waals surface area contributed by atoms with Crippen LogP contribution in [0, 0.1) is 17.0 Å². The van der Waals surface area contributed by atoms with E-state index in [0.29, 0.717) is 29.2 Å². The first kappa shape index (κ1) is 17.5. The number of carbonyl (C=O) groups excluding carboxylic acids is 1. The fourth-order valence-corrected chi connectivity index (χ4v) is 2.22. The van der Waals surface area contributed by atoms with Gasteiger partial charge in [0.15, 0.2) is 0 Å². The molecule has 0 heterocycles. The summed E-state index contributed by atoms with van der Waals surface area (Å²) in [5.41, 5.74) is 1.38. The second-order valence-electron chi connectivity index (χ2n) is 5.41. The normalized spacial score (nSPS) is 10.2. The summed E-state index contributed by atoms with van der Waals surface area (Å²) in [5, 5.41) is 13.6. The Kier molecular flexibility index (Phi) is 5.89. The third kappa shape index (κ3) is 4.32. The van der Waals surface area contributed by atoms with E-state index in [1.54, 1.807) is 19.1 Å². The van der Waals surface area contributed by atoms with Gasteiger partial charge in [0.2, 0.25) is 0 Å². The van der Waals surface area contributed by atoms with Crippen molar-refractivity contribution in [3.8, 4) is 5.75 Å². The maximum absolute atomic E-state index is 12.4. The number of ether oxygens (including phenoxy) is 1. The number of unbranched alkanes of at least 4 members (excludes halogenated alkanes) is 1. The molecule has 126 valence electrons. The summed E-state index contributed by atoms with van der Waals surface area (Å²) in [6.07, 6.45) is 1.96. The molecule has 0 bridgehead atoms. The van der Waals surface area contributed by atoms with Crippen molar-refractivity contribution in [2.45, 2.75) is 26.7 Å². The van der Waals surface area contributed by atoms with Crippen LogP contribution in [0.15, 0.2) is 42.5 Å². The lowest BCUT2D eigenvalue weighted by Crippen LogP contribution is -2.13. The van der Waals surface area contributed by atoms with Crippen molar-refractivity contribution < 1.29 is 14.5 Å². The fraction of sp³-hybridized carbons (Fsp3) is 0.278. The van der Waals surface area contributed by atoms with Crippen molar-refractivity contribution >= 4 is 17.3 Å². The standard InChI is InChI=1S/C18H20N2O4/c1-3-4-11-24-17-8-6-5-7-15(17)19-18(21)14-9-10-16(20(22)23)13(2)12-14/h5-10,12H,3-4,11H2,1-2H3,(H,19,21). The Labute approximate surface area is 140 Å². The Morgan fingerprint density at radius 3 is 2.67 bits per heavy atom. The van der Waals surface area contributed by atoms with Crippen molar-refractivity contribution in [1.82, 2.24) is 0 Å². The number of hydrogen-bond acceptors (Lipinski definition) is 4. The average Bonchev–Trinajstić information content (AvgIpc) is 2.56. The van der Waals surface area contributed by atoms with E-state index in [9.17, 15) is 14.9 Å². The number of carbonyl (C=O) groups is 1. The summed E-state index contributed by atoms with van der Waals surface area (Å²) in [6, 6.07) is 11.5. The minimum atomic E-state index is -0.464. The number of aryl methyl sites for hydroxylation is 1. The van der Waals surface area contributed by atoms with E-state index in [1.165, 1.54) is 18.2 Å². The topological polar surface area (TPSA) is 81.5 Å². The number of hydrogen-bond donors (Lipinski definition) is 1. The highest BCUT2D eigenvalue weighted by atomic mass is 16.6. The molecule has 0 atom stereocenters. The van der Waals surface area contributed by atoms with Gasteiger partial charge < -0.3 is 10.1 Å². The van der Waals surface area contributed by atoms with Crippen LogP contribution in [0.25, 0.3) is 0 Å². The summed E-state index contributed by atoms with van der Waals surface area (Å²) in [4.78, 5) is 22.8. The van der Waals surface area contributed by atoms with Crippen LogP contribution >= 0.6 is 0 Å². The Bertz CT molecular complexity index is 744. The number of benzene rings is 2. The minimum Gasteiger partial charge on any atom is -0.491 e. The van der Waals surface area contributed by atoms with E-state index in [1.807, 2.05) is 12.1 Å². The van der Waals surface area contributed by atoms with Crippen LogP contribution in [-0.2, 0) is 0 Å². The predicted octanol–water partition coefficient (Wildman–Crippen LogP) is 4.33. The van der Waals surface area contributed by atoms with Crippen LogP contribution in [-0.4, -0.2) is 17.4 Å². The third-order valence-corrected chi connectivity index (χ3v) is 3.55. The summed E-state index contributed by atoms with van der Waals surface area (Å²) < 4.78 is 5.68. The van der Waals surface area contributed by atoms with E-state index >= 15 is 0 Å². The lowest BCUT2D eigenvalue weighted by atomic mass is 10.1. The van der Waals surface area contributed by atoms with E-state index in [4.69, 9.17) is 4.74 Å². The molecule has 2 aromatic carbocycles. The van der Waals surface area contributed by atoms with Crippen LogP contribution in [0.2, 0.25) is 0 Å². The van der Waals surface area contributed by atoms with Crippen molar-refractivity contribution in [3.05, 3.63) is 63.7 Å². The van der Waals surface area contributed by atoms with Crippen LogP contribution in [0.5, 0.6) is 5.75 Å². The summed E-state index contributed by atoms with van der Waals surface area (Å²) in [5.74, 6) is 0.275. The van der Waals surface area contributed by atoms with Gasteiger partial charge in [-0.1, -0.05) is 25.5 Å². The lowest BCUT2D eigenvalue weighted by molar-refractivity contribution is -0.385. The smallest absolute Gasteiger partial charge is 0.272 e. The molecule has 0 aliphatic rings. The Hall–Kier alpha value is -2.89. The van der Waals surface area contributed by atoms with E-state index in [2.05, 4.69) is 12.2 Å². The molecule has 0 radical (unpaired) electrons.